The normalized spacial score (nSPS) is 14.4. The Morgan fingerprint density at radius 3 is 2.37 bits per heavy atom. The van der Waals surface area contributed by atoms with Gasteiger partial charge in [-0.05, 0) is 55.2 Å². The summed E-state index contributed by atoms with van der Waals surface area (Å²) in [6.45, 7) is 2.07. The molecule has 1 aliphatic rings. The SMILES string of the molecule is CCc1ccc(N(C(=O)c2ccco2)C(C(=O)NC2CCCC2)c2cccc(OC)c2OC)cc1. The molecule has 0 aliphatic heterocycles. The summed E-state index contributed by atoms with van der Waals surface area (Å²) in [5.74, 6) is 0.336. The maximum Gasteiger partial charge on any atom is 0.294 e. The molecule has 35 heavy (non-hydrogen) atoms. The highest BCUT2D eigenvalue weighted by Crippen LogP contribution is 2.40. The van der Waals surface area contributed by atoms with Crippen molar-refractivity contribution in [1.82, 2.24) is 5.32 Å². The van der Waals surface area contributed by atoms with Crippen LogP contribution in [0.4, 0.5) is 5.69 Å². The van der Waals surface area contributed by atoms with Gasteiger partial charge in [-0.3, -0.25) is 14.5 Å². The molecule has 0 spiro atoms. The van der Waals surface area contributed by atoms with Gasteiger partial charge in [-0.2, -0.15) is 0 Å². The summed E-state index contributed by atoms with van der Waals surface area (Å²) in [4.78, 5) is 29.3. The summed E-state index contributed by atoms with van der Waals surface area (Å²) < 4.78 is 16.7. The predicted molar refractivity (Wildman–Crippen MR) is 134 cm³/mol. The maximum atomic E-state index is 13.9. The number of nitrogens with one attached hydrogen (secondary N) is 1. The van der Waals surface area contributed by atoms with Crippen LogP contribution in [0.1, 0.15) is 60.3 Å². The highest BCUT2D eigenvalue weighted by atomic mass is 16.5. The van der Waals surface area contributed by atoms with Crippen molar-refractivity contribution in [3.05, 3.63) is 77.7 Å². The van der Waals surface area contributed by atoms with Crippen LogP contribution in [0, 0.1) is 0 Å². The van der Waals surface area contributed by atoms with Crippen LogP contribution >= 0.6 is 0 Å². The van der Waals surface area contributed by atoms with Crippen molar-refractivity contribution >= 4 is 17.5 Å². The second-order valence-corrected chi connectivity index (χ2v) is 8.65. The smallest absolute Gasteiger partial charge is 0.294 e. The van der Waals surface area contributed by atoms with E-state index in [4.69, 9.17) is 13.9 Å². The van der Waals surface area contributed by atoms with Crippen LogP contribution in [0.15, 0.2) is 65.3 Å². The fraction of sp³-hybridized carbons (Fsp3) is 0.357. The highest BCUT2D eigenvalue weighted by molar-refractivity contribution is 6.09. The van der Waals surface area contributed by atoms with E-state index in [1.54, 1.807) is 37.4 Å². The minimum absolute atomic E-state index is 0.0737. The number of anilines is 1. The number of amides is 2. The second kappa shape index (κ2) is 11.1. The second-order valence-electron chi connectivity index (χ2n) is 8.65. The quantitative estimate of drug-likeness (QED) is 0.453. The van der Waals surface area contributed by atoms with Gasteiger partial charge in [0.15, 0.2) is 17.3 Å². The van der Waals surface area contributed by atoms with E-state index >= 15 is 0 Å². The Labute approximate surface area is 206 Å². The Balaban J connectivity index is 1.88. The zero-order chi connectivity index (χ0) is 24.8. The van der Waals surface area contributed by atoms with E-state index < -0.39 is 11.9 Å². The minimum atomic E-state index is -1.01. The van der Waals surface area contributed by atoms with Crippen molar-refractivity contribution < 1.29 is 23.5 Å². The number of rotatable bonds is 9. The molecule has 7 heteroatoms. The lowest BCUT2D eigenvalue weighted by molar-refractivity contribution is -0.123. The van der Waals surface area contributed by atoms with E-state index in [0.29, 0.717) is 22.7 Å². The van der Waals surface area contributed by atoms with Crippen LogP contribution in [0.2, 0.25) is 0 Å². The number of ether oxygens (including phenoxy) is 2. The van der Waals surface area contributed by atoms with Crippen molar-refractivity contribution in [2.45, 2.75) is 51.1 Å². The lowest BCUT2D eigenvalue weighted by Gasteiger charge is -2.32. The van der Waals surface area contributed by atoms with Gasteiger partial charge in [0.05, 0.1) is 20.5 Å². The Kier molecular flexibility index (Phi) is 7.75. The fourth-order valence-electron chi connectivity index (χ4n) is 4.67. The third kappa shape index (κ3) is 5.19. The molecule has 1 fully saturated rings. The summed E-state index contributed by atoms with van der Waals surface area (Å²) in [6, 6.07) is 15.3. The highest BCUT2D eigenvalue weighted by Gasteiger charge is 2.38. The number of hydrogen-bond donors (Lipinski definition) is 1. The summed E-state index contributed by atoms with van der Waals surface area (Å²) >= 11 is 0. The Morgan fingerprint density at radius 2 is 1.77 bits per heavy atom. The van der Waals surface area contributed by atoms with Gasteiger partial charge in [0.1, 0.15) is 6.04 Å². The first-order valence-electron chi connectivity index (χ1n) is 12.0. The lowest BCUT2D eigenvalue weighted by atomic mass is 9.99. The first-order valence-corrected chi connectivity index (χ1v) is 12.0. The number of para-hydroxylation sites is 1. The molecule has 0 saturated heterocycles. The zero-order valence-electron chi connectivity index (χ0n) is 20.5. The fourth-order valence-corrected chi connectivity index (χ4v) is 4.67. The number of furan rings is 1. The zero-order valence-corrected chi connectivity index (χ0v) is 20.5. The van der Waals surface area contributed by atoms with E-state index in [-0.39, 0.29) is 17.7 Å². The van der Waals surface area contributed by atoms with Gasteiger partial charge in [-0.15, -0.1) is 0 Å². The molecule has 4 rings (SSSR count). The summed E-state index contributed by atoms with van der Waals surface area (Å²) in [5.41, 5.74) is 2.24. The van der Waals surface area contributed by atoms with Gasteiger partial charge in [0, 0.05) is 17.3 Å². The third-order valence-corrected chi connectivity index (χ3v) is 6.51. The van der Waals surface area contributed by atoms with Gasteiger partial charge >= 0.3 is 0 Å². The van der Waals surface area contributed by atoms with Crippen LogP contribution < -0.4 is 19.7 Å². The van der Waals surface area contributed by atoms with Crippen molar-refractivity contribution in [2.75, 3.05) is 19.1 Å². The Hall–Kier alpha value is -3.74. The molecule has 0 radical (unpaired) electrons. The third-order valence-electron chi connectivity index (χ3n) is 6.51. The molecule has 1 aliphatic carbocycles. The van der Waals surface area contributed by atoms with Crippen molar-refractivity contribution in [3.8, 4) is 11.5 Å². The molecule has 2 amide bonds. The molecule has 1 atom stereocenters. The number of carbonyl (C=O) groups excluding carboxylic acids is 2. The number of benzene rings is 2. The summed E-state index contributed by atoms with van der Waals surface area (Å²) in [6.07, 6.45) is 6.31. The molecule has 0 bridgehead atoms. The van der Waals surface area contributed by atoms with Crippen LogP contribution in [-0.2, 0) is 11.2 Å². The van der Waals surface area contributed by atoms with Gasteiger partial charge < -0.3 is 19.2 Å². The van der Waals surface area contributed by atoms with Crippen LogP contribution in [0.25, 0.3) is 0 Å². The molecule has 3 aromatic rings. The van der Waals surface area contributed by atoms with Crippen LogP contribution in [0.5, 0.6) is 11.5 Å². The van der Waals surface area contributed by atoms with Gasteiger partial charge in [0.25, 0.3) is 5.91 Å². The summed E-state index contributed by atoms with van der Waals surface area (Å²) in [7, 11) is 3.08. The minimum Gasteiger partial charge on any atom is -0.493 e. The monoisotopic (exact) mass is 476 g/mol. The Morgan fingerprint density at radius 1 is 1.03 bits per heavy atom. The molecule has 2 aromatic carbocycles. The first-order chi connectivity index (χ1) is 17.1. The standard InChI is InChI=1S/C28H32N2O5/c1-4-19-14-16-21(17-15-19)30(28(32)24-13-8-18-35-24)25(27(31)29-20-9-5-6-10-20)22-11-7-12-23(33-2)26(22)34-3/h7-8,11-18,20,25H,4-6,9-10H2,1-3H3,(H,29,31). The molecule has 1 aromatic heterocycles. The maximum absolute atomic E-state index is 13.9. The van der Waals surface area contributed by atoms with Crippen LogP contribution in [0.3, 0.4) is 0 Å². The first kappa shape index (κ1) is 24.4. The average Bonchev–Trinajstić information content (AvgIpc) is 3.61. The molecule has 1 saturated carbocycles. The number of hydrogen-bond acceptors (Lipinski definition) is 5. The van der Waals surface area contributed by atoms with Crippen molar-refractivity contribution in [3.63, 3.8) is 0 Å². The van der Waals surface area contributed by atoms with E-state index in [1.807, 2.05) is 24.3 Å². The molecule has 184 valence electrons. The molecule has 1 unspecified atom stereocenters. The molecule has 1 heterocycles. The number of methoxy groups -OCH3 is 2. The van der Waals surface area contributed by atoms with E-state index in [9.17, 15) is 9.59 Å². The van der Waals surface area contributed by atoms with Crippen molar-refractivity contribution in [2.24, 2.45) is 0 Å². The largest absolute Gasteiger partial charge is 0.493 e. The number of aryl methyl sites for hydroxylation is 1. The lowest BCUT2D eigenvalue weighted by Crippen LogP contribution is -2.46. The molecule has 1 N–H and O–H groups in total. The van der Waals surface area contributed by atoms with Crippen molar-refractivity contribution in [1.29, 1.82) is 0 Å². The topological polar surface area (TPSA) is 81.0 Å². The summed E-state index contributed by atoms with van der Waals surface area (Å²) in [5, 5.41) is 3.18. The number of carbonyl (C=O) groups is 2. The van der Waals surface area contributed by atoms with Gasteiger partial charge in [0.2, 0.25) is 5.91 Å². The predicted octanol–water partition coefficient (Wildman–Crippen LogP) is 5.31. The van der Waals surface area contributed by atoms with E-state index in [2.05, 4.69) is 12.2 Å². The molecular formula is C28H32N2O5. The molecule has 7 nitrogen and oxygen atoms in total. The number of nitrogens with zero attached hydrogens (tertiary/aromatic N) is 1. The average molecular weight is 477 g/mol. The van der Waals surface area contributed by atoms with E-state index in [0.717, 1.165) is 37.7 Å². The van der Waals surface area contributed by atoms with Crippen LogP contribution in [-0.4, -0.2) is 32.1 Å². The van der Waals surface area contributed by atoms with Gasteiger partial charge in [-0.25, -0.2) is 0 Å². The van der Waals surface area contributed by atoms with E-state index in [1.165, 1.54) is 18.3 Å². The Bertz CT molecular complexity index is 1130. The van der Waals surface area contributed by atoms with Gasteiger partial charge in [-0.1, -0.05) is 44.0 Å². The molecular weight excluding hydrogens is 444 g/mol.